The maximum absolute atomic E-state index is 11.4. The lowest BCUT2D eigenvalue weighted by atomic mass is 9.73. The predicted octanol–water partition coefficient (Wildman–Crippen LogP) is 4.11. The van der Waals surface area contributed by atoms with E-state index in [4.69, 9.17) is 10.1 Å². The molecule has 154 valence electrons. The standard InChI is InChI=1S/C24H31N3O2/c1-3-17-15-27-12-10-18(17)14-22(27)24(28)19-9-11-26-21-8-7-16(13-20(19)21)5-4-6-23(25)29-2/h3,7-9,11,13,17-18,22,24-25,28H,1,4-6,10,12,14-15H2,2H3/t17?,18?,22?,24-/m0/s1. The monoisotopic (exact) mass is 393 g/mol. The lowest BCUT2D eigenvalue weighted by molar-refractivity contribution is -0.0444. The first kappa shape index (κ1) is 20.0. The quantitative estimate of drug-likeness (QED) is 0.422. The van der Waals surface area contributed by atoms with E-state index in [0.717, 1.165) is 48.8 Å². The van der Waals surface area contributed by atoms with E-state index < -0.39 is 6.10 Å². The summed E-state index contributed by atoms with van der Waals surface area (Å²) in [5.41, 5.74) is 3.11. The summed E-state index contributed by atoms with van der Waals surface area (Å²) in [6.45, 7) is 6.08. The van der Waals surface area contributed by atoms with Crippen LogP contribution in [0.2, 0.25) is 0 Å². The molecule has 4 unspecified atom stereocenters. The van der Waals surface area contributed by atoms with Crippen LogP contribution in [-0.4, -0.2) is 47.1 Å². The topological polar surface area (TPSA) is 69.4 Å². The zero-order valence-corrected chi connectivity index (χ0v) is 17.2. The second-order valence-corrected chi connectivity index (χ2v) is 8.42. The summed E-state index contributed by atoms with van der Waals surface area (Å²) in [6.07, 6.45) is 8.02. The number of benzene rings is 1. The molecule has 0 spiro atoms. The zero-order valence-electron chi connectivity index (χ0n) is 17.2. The highest BCUT2D eigenvalue weighted by molar-refractivity contribution is 5.83. The number of nitrogens with one attached hydrogen (secondary N) is 1. The molecular weight excluding hydrogens is 362 g/mol. The highest BCUT2D eigenvalue weighted by Gasteiger charge is 2.42. The average Bonchev–Trinajstić information content (AvgIpc) is 2.78. The number of hydrogen-bond acceptors (Lipinski definition) is 5. The molecule has 3 aliphatic rings. The molecule has 5 atom stereocenters. The third-order valence-corrected chi connectivity index (χ3v) is 6.79. The second kappa shape index (κ2) is 8.64. The maximum atomic E-state index is 11.4. The Morgan fingerprint density at radius 2 is 2.31 bits per heavy atom. The Balaban J connectivity index is 1.56. The van der Waals surface area contributed by atoms with Gasteiger partial charge in [0.15, 0.2) is 5.90 Å². The fraction of sp³-hybridized carbons (Fsp3) is 0.500. The number of nitrogens with zero attached hydrogens (tertiary/aromatic N) is 2. The van der Waals surface area contributed by atoms with Crippen LogP contribution >= 0.6 is 0 Å². The minimum absolute atomic E-state index is 0.168. The van der Waals surface area contributed by atoms with Gasteiger partial charge in [-0.05, 0) is 73.4 Å². The van der Waals surface area contributed by atoms with Gasteiger partial charge >= 0.3 is 0 Å². The zero-order chi connectivity index (χ0) is 20.4. The number of methoxy groups -OCH3 is 1. The molecule has 3 saturated heterocycles. The molecule has 0 radical (unpaired) electrons. The van der Waals surface area contributed by atoms with Crippen LogP contribution < -0.4 is 0 Å². The van der Waals surface area contributed by atoms with Gasteiger partial charge in [-0.15, -0.1) is 6.58 Å². The number of rotatable bonds is 7. The van der Waals surface area contributed by atoms with Crippen molar-refractivity contribution in [2.24, 2.45) is 11.8 Å². The van der Waals surface area contributed by atoms with E-state index in [9.17, 15) is 5.11 Å². The number of ether oxygens (including phenoxy) is 1. The van der Waals surface area contributed by atoms with E-state index in [1.807, 2.05) is 18.3 Å². The molecule has 5 heteroatoms. The van der Waals surface area contributed by atoms with Gasteiger partial charge in [0.05, 0.1) is 18.7 Å². The van der Waals surface area contributed by atoms with Gasteiger partial charge in [-0.1, -0.05) is 12.1 Å². The van der Waals surface area contributed by atoms with Crippen LogP contribution in [0.25, 0.3) is 10.9 Å². The number of piperidine rings is 3. The van der Waals surface area contributed by atoms with E-state index in [2.05, 4.69) is 34.7 Å². The number of aromatic nitrogens is 1. The molecule has 0 aliphatic carbocycles. The van der Waals surface area contributed by atoms with Crippen molar-refractivity contribution in [2.45, 2.75) is 44.2 Å². The van der Waals surface area contributed by atoms with Crippen LogP contribution in [0.3, 0.4) is 0 Å². The minimum atomic E-state index is -0.508. The molecule has 0 saturated carbocycles. The number of aliphatic hydroxyl groups excluding tert-OH is 1. The van der Waals surface area contributed by atoms with Crippen LogP contribution in [0.5, 0.6) is 0 Å². The van der Waals surface area contributed by atoms with E-state index in [0.29, 0.717) is 24.2 Å². The summed E-state index contributed by atoms with van der Waals surface area (Å²) in [5, 5.41) is 20.0. The third kappa shape index (κ3) is 4.07. The molecule has 1 aromatic heterocycles. The largest absolute Gasteiger partial charge is 0.484 e. The number of aliphatic hydroxyl groups is 1. The van der Waals surface area contributed by atoms with Crippen molar-refractivity contribution in [1.29, 1.82) is 5.41 Å². The second-order valence-electron chi connectivity index (χ2n) is 8.42. The first-order valence-electron chi connectivity index (χ1n) is 10.6. The maximum Gasteiger partial charge on any atom is 0.180 e. The summed E-state index contributed by atoms with van der Waals surface area (Å²) in [5.74, 6) is 1.51. The molecule has 5 nitrogen and oxygen atoms in total. The van der Waals surface area contributed by atoms with Crippen molar-refractivity contribution in [3.63, 3.8) is 0 Å². The fourth-order valence-corrected chi connectivity index (χ4v) is 5.10. The Labute approximate surface area is 172 Å². The van der Waals surface area contributed by atoms with Gasteiger partial charge in [0, 0.05) is 30.6 Å². The molecule has 29 heavy (non-hydrogen) atoms. The molecule has 3 fully saturated rings. The summed E-state index contributed by atoms with van der Waals surface area (Å²) in [4.78, 5) is 6.96. The number of hydrogen-bond donors (Lipinski definition) is 2. The van der Waals surface area contributed by atoms with Crippen molar-refractivity contribution in [2.75, 3.05) is 20.2 Å². The minimum Gasteiger partial charge on any atom is -0.484 e. The Kier molecular flexibility index (Phi) is 5.97. The lowest BCUT2D eigenvalue weighted by Crippen LogP contribution is -2.54. The van der Waals surface area contributed by atoms with Crippen LogP contribution in [-0.2, 0) is 11.2 Å². The van der Waals surface area contributed by atoms with Crippen molar-refractivity contribution >= 4 is 16.8 Å². The molecule has 0 amide bonds. The van der Waals surface area contributed by atoms with Crippen molar-refractivity contribution in [3.05, 3.63) is 54.2 Å². The van der Waals surface area contributed by atoms with Gasteiger partial charge in [-0.2, -0.15) is 0 Å². The molecule has 2 bridgehead atoms. The summed E-state index contributed by atoms with van der Waals surface area (Å²) in [6, 6.07) is 8.46. The molecule has 1 aromatic carbocycles. The van der Waals surface area contributed by atoms with Gasteiger partial charge in [0.1, 0.15) is 0 Å². The number of pyridine rings is 1. The van der Waals surface area contributed by atoms with E-state index >= 15 is 0 Å². The smallest absolute Gasteiger partial charge is 0.180 e. The summed E-state index contributed by atoms with van der Waals surface area (Å²) < 4.78 is 4.95. The van der Waals surface area contributed by atoms with Crippen LogP contribution in [0.1, 0.15) is 42.9 Å². The molecular formula is C24H31N3O2. The van der Waals surface area contributed by atoms with Crippen LogP contribution in [0.15, 0.2) is 43.1 Å². The van der Waals surface area contributed by atoms with Crippen molar-refractivity contribution in [3.8, 4) is 0 Å². The Morgan fingerprint density at radius 1 is 1.45 bits per heavy atom. The number of aryl methyl sites for hydroxylation is 1. The Hall–Kier alpha value is -2.24. The Bertz CT molecular complexity index is 897. The van der Waals surface area contributed by atoms with E-state index in [1.54, 1.807) is 7.11 Å². The summed E-state index contributed by atoms with van der Waals surface area (Å²) >= 11 is 0. The molecule has 3 aliphatic heterocycles. The van der Waals surface area contributed by atoms with E-state index in [-0.39, 0.29) is 6.04 Å². The SMILES string of the molecule is C=CC1CN2CCC1CC2[C@@H](O)c1ccnc2ccc(CCCC(=N)OC)cc12. The number of fused-ring (bicyclic) bond motifs is 4. The summed E-state index contributed by atoms with van der Waals surface area (Å²) in [7, 11) is 1.54. The normalized spacial score (nSPS) is 27.0. The first-order chi connectivity index (χ1) is 14.1. The molecule has 2 aromatic rings. The van der Waals surface area contributed by atoms with Gasteiger partial charge < -0.3 is 9.84 Å². The third-order valence-electron chi connectivity index (χ3n) is 6.79. The predicted molar refractivity (Wildman–Crippen MR) is 116 cm³/mol. The molecule has 4 heterocycles. The lowest BCUT2D eigenvalue weighted by Gasteiger charge is -2.50. The fourth-order valence-electron chi connectivity index (χ4n) is 5.10. The van der Waals surface area contributed by atoms with Crippen molar-refractivity contribution < 1.29 is 9.84 Å². The van der Waals surface area contributed by atoms with E-state index in [1.165, 1.54) is 12.0 Å². The van der Waals surface area contributed by atoms with Gasteiger partial charge in [-0.25, -0.2) is 0 Å². The van der Waals surface area contributed by atoms with Gasteiger partial charge in [0.25, 0.3) is 0 Å². The van der Waals surface area contributed by atoms with Crippen LogP contribution in [0, 0.1) is 17.2 Å². The average molecular weight is 394 g/mol. The highest BCUT2D eigenvalue weighted by Crippen LogP contribution is 2.42. The molecule has 5 rings (SSSR count). The Morgan fingerprint density at radius 3 is 3.03 bits per heavy atom. The highest BCUT2D eigenvalue weighted by atomic mass is 16.5. The van der Waals surface area contributed by atoms with Gasteiger partial charge in [0.2, 0.25) is 0 Å². The van der Waals surface area contributed by atoms with Gasteiger partial charge in [-0.3, -0.25) is 15.3 Å². The molecule has 2 N–H and O–H groups in total. The van der Waals surface area contributed by atoms with Crippen LogP contribution in [0.4, 0.5) is 0 Å². The van der Waals surface area contributed by atoms with Crippen molar-refractivity contribution in [1.82, 2.24) is 9.88 Å². The first-order valence-corrected chi connectivity index (χ1v) is 10.6.